The number of fused-ring (bicyclic) bond motifs is 3. The molecule has 5 heterocycles. The van der Waals surface area contributed by atoms with Crippen LogP contribution in [-0.4, -0.2) is 41.8 Å². The molecule has 6 aromatic rings. The van der Waals surface area contributed by atoms with Gasteiger partial charge in [0.25, 0.3) is 5.91 Å². The lowest BCUT2D eigenvalue weighted by Gasteiger charge is -2.17. The van der Waals surface area contributed by atoms with Crippen LogP contribution in [0.2, 0.25) is 0 Å². The van der Waals surface area contributed by atoms with Gasteiger partial charge in [-0.05, 0) is 90.6 Å². The number of benzene rings is 2. The highest BCUT2D eigenvalue weighted by Gasteiger charge is 2.28. The van der Waals surface area contributed by atoms with Crippen LogP contribution in [-0.2, 0) is 12.8 Å². The van der Waals surface area contributed by atoms with Gasteiger partial charge in [-0.2, -0.15) is 5.10 Å². The monoisotopic (exact) mass is 553 g/mol. The van der Waals surface area contributed by atoms with Gasteiger partial charge in [0, 0.05) is 42.1 Å². The predicted molar refractivity (Wildman–Crippen MR) is 161 cm³/mol. The number of anilines is 2. The zero-order valence-corrected chi connectivity index (χ0v) is 22.7. The molecule has 2 aliphatic rings. The van der Waals surface area contributed by atoms with E-state index in [2.05, 4.69) is 38.9 Å². The number of amides is 1. The highest BCUT2D eigenvalue weighted by atomic mass is 16.1. The van der Waals surface area contributed by atoms with Gasteiger partial charge in [0.05, 0.1) is 11.6 Å². The Morgan fingerprint density at radius 1 is 1.00 bits per heavy atom. The van der Waals surface area contributed by atoms with Gasteiger partial charge in [-0.15, -0.1) is 0 Å². The summed E-state index contributed by atoms with van der Waals surface area (Å²) >= 11 is 0. The largest absolute Gasteiger partial charge is 0.384 e. The zero-order valence-electron chi connectivity index (χ0n) is 22.7. The van der Waals surface area contributed by atoms with E-state index in [0.717, 1.165) is 65.0 Å². The molecule has 4 aromatic heterocycles. The Labute approximate surface area is 241 Å². The third kappa shape index (κ3) is 3.91. The molecule has 10 nitrogen and oxygen atoms in total. The van der Waals surface area contributed by atoms with Crippen molar-refractivity contribution in [3.05, 3.63) is 108 Å². The molecule has 0 spiro atoms. The number of hydrogen-bond acceptors (Lipinski definition) is 7. The first-order chi connectivity index (χ1) is 20.6. The van der Waals surface area contributed by atoms with E-state index < -0.39 is 0 Å². The fourth-order valence-electron chi connectivity index (χ4n) is 6.20. The van der Waals surface area contributed by atoms with E-state index >= 15 is 0 Å². The third-order valence-electron chi connectivity index (χ3n) is 8.19. The average molecular weight is 554 g/mol. The maximum absolute atomic E-state index is 13.3. The second-order valence-corrected chi connectivity index (χ2v) is 10.6. The van der Waals surface area contributed by atoms with Crippen molar-refractivity contribution in [2.75, 3.05) is 17.6 Å². The number of carbonyl (C=O) groups excluding carboxylic acids is 1. The van der Waals surface area contributed by atoms with Crippen molar-refractivity contribution in [3.63, 3.8) is 0 Å². The molecule has 2 aromatic carbocycles. The Bertz CT molecular complexity index is 1990. The molecular weight excluding hydrogens is 526 g/mol. The van der Waals surface area contributed by atoms with Crippen molar-refractivity contribution in [1.82, 2.24) is 34.6 Å². The van der Waals surface area contributed by atoms with Crippen molar-refractivity contribution < 1.29 is 4.79 Å². The number of imidazole rings is 1. The normalized spacial score (nSPS) is 15.4. The molecule has 0 unspecified atom stereocenters. The van der Waals surface area contributed by atoms with Gasteiger partial charge >= 0.3 is 0 Å². The molecular formula is C32H27N9O. The van der Waals surface area contributed by atoms with Crippen molar-refractivity contribution in [1.29, 1.82) is 0 Å². The van der Waals surface area contributed by atoms with Crippen LogP contribution >= 0.6 is 0 Å². The number of rotatable bonds is 5. The number of pyridine rings is 2. The standard InChI is InChI=1S/C32H27N9O/c33-29-24(5-2-14-35-29)30-37-27-11-12-28(40-17-3-15-36-40)39-31(27)41(30)20-8-9-21-19(18-20)7-10-26(21)38-32(42)23-4-1-6-25-22(23)13-16-34-25/h1-6,8-9,11-12,14-15,17-18,26,34H,7,10,13,16H2,(H2,33,35)(H,38,42)/t26-/m0/s1. The fraction of sp³-hybridized carbons (Fsp3) is 0.156. The molecule has 0 bridgehead atoms. The summed E-state index contributed by atoms with van der Waals surface area (Å²) in [6.07, 6.45) is 7.81. The molecule has 1 aliphatic heterocycles. The van der Waals surface area contributed by atoms with Gasteiger partial charge in [0.15, 0.2) is 17.3 Å². The Morgan fingerprint density at radius 3 is 2.83 bits per heavy atom. The molecule has 0 fully saturated rings. The van der Waals surface area contributed by atoms with Crippen LogP contribution in [0, 0.1) is 0 Å². The Morgan fingerprint density at radius 2 is 1.95 bits per heavy atom. The minimum absolute atomic E-state index is 0.0252. The number of nitrogen functional groups attached to an aromatic ring is 1. The van der Waals surface area contributed by atoms with Crippen molar-refractivity contribution in [2.45, 2.75) is 25.3 Å². The summed E-state index contributed by atoms with van der Waals surface area (Å²) in [5.74, 6) is 1.72. The first-order valence-electron chi connectivity index (χ1n) is 14.0. The molecule has 1 amide bonds. The highest BCUT2D eigenvalue weighted by Crippen LogP contribution is 2.36. The third-order valence-corrected chi connectivity index (χ3v) is 8.19. The summed E-state index contributed by atoms with van der Waals surface area (Å²) in [5, 5.41) is 11.0. The van der Waals surface area contributed by atoms with Crippen LogP contribution in [0.5, 0.6) is 0 Å². The van der Waals surface area contributed by atoms with Crippen LogP contribution in [0.1, 0.15) is 39.5 Å². The SMILES string of the molecule is Nc1ncccc1-c1nc2ccc(-n3cccn3)nc2n1-c1ccc2c(c1)CC[C@@H]2NC(=O)c1cccc2c1CCN2. The van der Waals surface area contributed by atoms with E-state index in [1.54, 1.807) is 17.1 Å². The minimum atomic E-state index is -0.0516. The second-order valence-electron chi connectivity index (χ2n) is 10.6. The summed E-state index contributed by atoms with van der Waals surface area (Å²) in [6.45, 7) is 0.864. The van der Waals surface area contributed by atoms with Crippen LogP contribution in [0.25, 0.3) is 34.1 Å². The number of nitrogens with zero attached hydrogens (tertiary/aromatic N) is 6. The highest BCUT2D eigenvalue weighted by molar-refractivity contribution is 5.98. The summed E-state index contributed by atoms with van der Waals surface area (Å²) < 4.78 is 3.76. The molecule has 0 radical (unpaired) electrons. The van der Waals surface area contributed by atoms with E-state index in [-0.39, 0.29) is 11.9 Å². The first-order valence-corrected chi connectivity index (χ1v) is 14.0. The van der Waals surface area contributed by atoms with E-state index in [4.69, 9.17) is 15.7 Å². The first kappa shape index (κ1) is 24.3. The molecule has 206 valence electrons. The summed E-state index contributed by atoms with van der Waals surface area (Å²) in [5.41, 5.74) is 14.6. The number of carbonyl (C=O) groups is 1. The molecule has 8 rings (SSSR count). The molecule has 1 aliphatic carbocycles. The number of nitrogens with two attached hydrogens (primary N) is 1. The van der Waals surface area contributed by atoms with Gasteiger partial charge in [0.1, 0.15) is 11.3 Å². The van der Waals surface area contributed by atoms with Crippen LogP contribution in [0.15, 0.2) is 85.3 Å². The zero-order chi connectivity index (χ0) is 28.2. The van der Waals surface area contributed by atoms with E-state index in [9.17, 15) is 4.79 Å². The lowest BCUT2D eigenvalue weighted by Crippen LogP contribution is -2.27. The number of aryl methyl sites for hydroxylation is 1. The van der Waals surface area contributed by atoms with Gasteiger partial charge in [-0.25, -0.2) is 19.6 Å². The molecule has 4 N–H and O–H groups in total. The summed E-state index contributed by atoms with van der Waals surface area (Å²) in [4.78, 5) is 27.6. The molecule has 42 heavy (non-hydrogen) atoms. The van der Waals surface area contributed by atoms with E-state index in [1.807, 2.05) is 59.3 Å². The van der Waals surface area contributed by atoms with Crippen molar-refractivity contribution >= 4 is 28.6 Å². The summed E-state index contributed by atoms with van der Waals surface area (Å²) in [7, 11) is 0. The number of hydrogen-bond donors (Lipinski definition) is 3. The second kappa shape index (κ2) is 9.55. The van der Waals surface area contributed by atoms with Crippen LogP contribution < -0.4 is 16.4 Å². The Kier molecular flexibility index (Phi) is 5.53. The molecule has 10 heteroatoms. The smallest absolute Gasteiger partial charge is 0.252 e. The summed E-state index contributed by atoms with van der Waals surface area (Å²) in [6, 6.07) is 21.7. The maximum Gasteiger partial charge on any atom is 0.252 e. The predicted octanol–water partition coefficient (Wildman–Crippen LogP) is 4.64. The van der Waals surface area contributed by atoms with Gasteiger partial charge in [-0.3, -0.25) is 9.36 Å². The average Bonchev–Trinajstić information content (AvgIpc) is 3.83. The molecule has 0 saturated carbocycles. The van der Waals surface area contributed by atoms with E-state index in [0.29, 0.717) is 23.1 Å². The molecule has 0 saturated heterocycles. The van der Waals surface area contributed by atoms with E-state index in [1.165, 1.54) is 5.56 Å². The number of nitrogens with one attached hydrogen (secondary N) is 2. The fourth-order valence-corrected chi connectivity index (χ4v) is 6.20. The molecule has 1 atom stereocenters. The van der Waals surface area contributed by atoms with Crippen molar-refractivity contribution in [3.8, 4) is 22.9 Å². The minimum Gasteiger partial charge on any atom is -0.384 e. The van der Waals surface area contributed by atoms with Gasteiger partial charge in [-0.1, -0.05) is 12.1 Å². The van der Waals surface area contributed by atoms with Crippen LogP contribution in [0.3, 0.4) is 0 Å². The van der Waals surface area contributed by atoms with Gasteiger partial charge in [0.2, 0.25) is 0 Å². The van der Waals surface area contributed by atoms with Crippen molar-refractivity contribution in [2.24, 2.45) is 0 Å². The topological polar surface area (TPSA) is 129 Å². The number of aromatic nitrogens is 6. The Balaban J connectivity index is 1.19. The van der Waals surface area contributed by atoms with Crippen LogP contribution in [0.4, 0.5) is 11.5 Å². The maximum atomic E-state index is 13.3. The lowest BCUT2D eigenvalue weighted by molar-refractivity contribution is 0.0936. The Hall–Kier alpha value is -5.51. The van der Waals surface area contributed by atoms with Gasteiger partial charge < -0.3 is 16.4 Å². The lowest BCUT2D eigenvalue weighted by atomic mass is 10.0. The quantitative estimate of drug-likeness (QED) is 0.284.